The van der Waals surface area contributed by atoms with Crippen molar-refractivity contribution in [3.8, 4) is 11.1 Å². The Morgan fingerprint density at radius 2 is 1.52 bits per heavy atom. The molecule has 0 saturated carbocycles. The number of nitrogens with one attached hydrogen (secondary N) is 1. The summed E-state index contributed by atoms with van der Waals surface area (Å²) in [5.41, 5.74) is 3.76. The second kappa shape index (κ2) is 6.34. The Kier molecular flexibility index (Phi) is 3.69. The van der Waals surface area contributed by atoms with Crippen LogP contribution in [0.25, 0.3) is 27.0 Å². The summed E-state index contributed by atoms with van der Waals surface area (Å²) >= 11 is 1.35. The third kappa shape index (κ3) is 2.86. The van der Waals surface area contributed by atoms with Crippen LogP contribution in [0, 0.1) is 0 Å². The maximum atomic E-state index is 12.6. The predicted molar refractivity (Wildman–Crippen MR) is 110 cm³/mol. The molecule has 0 amide bonds. The zero-order chi connectivity index (χ0) is 18.2. The van der Waals surface area contributed by atoms with Crippen LogP contribution in [0.5, 0.6) is 0 Å². The molecule has 5 aromatic rings. The molecule has 0 aliphatic rings. The quantitative estimate of drug-likeness (QED) is 0.499. The Morgan fingerprint density at radius 3 is 2.33 bits per heavy atom. The molecular weight excluding hydrogens is 356 g/mol. The van der Waals surface area contributed by atoms with Gasteiger partial charge < -0.3 is 5.32 Å². The van der Waals surface area contributed by atoms with Crippen molar-refractivity contribution in [2.24, 2.45) is 0 Å². The van der Waals surface area contributed by atoms with Crippen LogP contribution >= 0.6 is 11.3 Å². The van der Waals surface area contributed by atoms with Crippen LogP contribution in [-0.2, 0) is 0 Å². The number of para-hydroxylation sites is 1. The summed E-state index contributed by atoms with van der Waals surface area (Å²) in [4.78, 5) is 17.7. The Morgan fingerprint density at radius 1 is 0.815 bits per heavy atom. The van der Waals surface area contributed by atoms with Crippen molar-refractivity contribution >= 4 is 38.0 Å². The van der Waals surface area contributed by atoms with Gasteiger partial charge in [0.1, 0.15) is 0 Å². The first-order valence-electron chi connectivity index (χ1n) is 8.49. The molecule has 0 bridgehead atoms. The lowest BCUT2D eigenvalue weighted by molar-refractivity contribution is 0.919. The van der Waals surface area contributed by atoms with Crippen LogP contribution in [-0.4, -0.2) is 14.6 Å². The van der Waals surface area contributed by atoms with E-state index in [9.17, 15) is 4.79 Å². The monoisotopic (exact) mass is 370 g/mol. The number of benzene rings is 3. The average Bonchev–Trinajstić information content (AvgIpc) is 3.12. The van der Waals surface area contributed by atoms with E-state index in [0.717, 1.165) is 11.3 Å². The number of fused-ring (bicyclic) bond motifs is 2. The zero-order valence-corrected chi connectivity index (χ0v) is 15.0. The Bertz CT molecular complexity index is 1310. The summed E-state index contributed by atoms with van der Waals surface area (Å²) in [7, 11) is 0. The molecule has 27 heavy (non-hydrogen) atoms. The van der Waals surface area contributed by atoms with Crippen molar-refractivity contribution in [1.29, 1.82) is 0 Å². The van der Waals surface area contributed by atoms with Gasteiger partial charge in [-0.05, 0) is 35.4 Å². The minimum absolute atomic E-state index is 0.153. The second-order valence-electron chi connectivity index (χ2n) is 6.10. The highest BCUT2D eigenvalue weighted by atomic mass is 32.1. The van der Waals surface area contributed by atoms with E-state index in [1.807, 2.05) is 48.5 Å². The van der Waals surface area contributed by atoms with Gasteiger partial charge in [0.2, 0.25) is 10.1 Å². The van der Waals surface area contributed by atoms with Gasteiger partial charge in [-0.2, -0.15) is 4.52 Å². The van der Waals surface area contributed by atoms with E-state index in [2.05, 4.69) is 39.7 Å². The van der Waals surface area contributed by atoms with Crippen molar-refractivity contribution in [3.05, 3.63) is 89.2 Å². The van der Waals surface area contributed by atoms with Crippen molar-refractivity contribution in [1.82, 2.24) is 14.6 Å². The first-order valence-corrected chi connectivity index (χ1v) is 9.31. The highest BCUT2D eigenvalue weighted by Crippen LogP contribution is 2.25. The fraction of sp³-hybridized carbons (Fsp3) is 0. The van der Waals surface area contributed by atoms with E-state index in [4.69, 9.17) is 0 Å². The summed E-state index contributed by atoms with van der Waals surface area (Å²) in [6, 6.07) is 25.7. The molecule has 0 radical (unpaired) electrons. The SMILES string of the molecule is O=c1c2ccccc2nc2sc(Nc3ccc(-c4ccccc4)cc3)nn12. The highest BCUT2D eigenvalue weighted by Gasteiger charge is 2.10. The fourth-order valence-electron chi connectivity index (χ4n) is 3.01. The zero-order valence-electron chi connectivity index (χ0n) is 14.2. The van der Waals surface area contributed by atoms with Gasteiger partial charge in [-0.3, -0.25) is 4.79 Å². The molecule has 2 heterocycles. The van der Waals surface area contributed by atoms with Gasteiger partial charge in [-0.15, -0.1) is 5.10 Å². The largest absolute Gasteiger partial charge is 0.330 e. The Labute approximate surface area is 158 Å². The van der Waals surface area contributed by atoms with Crippen LogP contribution in [0.2, 0.25) is 0 Å². The maximum absolute atomic E-state index is 12.6. The number of hydrogen-bond acceptors (Lipinski definition) is 5. The van der Waals surface area contributed by atoms with Crippen molar-refractivity contribution < 1.29 is 0 Å². The number of aromatic nitrogens is 3. The fourth-order valence-corrected chi connectivity index (χ4v) is 3.82. The van der Waals surface area contributed by atoms with Crippen molar-refractivity contribution in [2.45, 2.75) is 0 Å². The van der Waals surface area contributed by atoms with Gasteiger partial charge in [0.05, 0.1) is 10.9 Å². The van der Waals surface area contributed by atoms with E-state index in [1.54, 1.807) is 6.07 Å². The molecule has 3 aromatic carbocycles. The molecule has 0 aliphatic heterocycles. The summed E-state index contributed by atoms with van der Waals surface area (Å²) < 4.78 is 1.35. The van der Waals surface area contributed by atoms with Crippen LogP contribution in [0.1, 0.15) is 0 Å². The summed E-state index contributed by atoms with van der Waals surface area (Å²) in [6.45, 7) is 0. The molecule has 2 aromatic heterocycles. The molecule has 0 fully saturated rings. The predicted octanol–water partition coefficient (Wildman–Crippen LogP) is 4.71. The van der Waals surface area contributed by atoms with Crippen LogP contribution < -0.4 is 10.9 Å². The van der Waals surface area contributed by atoms with E-state index >= 15 is 0 Å². The van der Waals surface area contributed by atoms with E-state index in [0.29, 0.717) is 21.0 Å². The molecule has 0 unspecified atom stereocenters. The smallest absolute Gasteiger partial charge is 0.283 e. The molecular formula is C21H14N4OS. The Hall–Kier alpha value is -3.51. The molecule has 0 spiro atoms. The molecule has 5 rings (SSSR count). The third-order valence-electron chi connectivity index (χ3n) is 4.35. The lowest BCUT2D eigenvalue weighted by atomic mass is 10.1. The van der Waals surface area contributed by atoms with E-state index in [-0.39, 0.29) is 5.56 Å². The first kappa shape index (κ1) is 15.7. The highest BCUT2D eigenvalue weighted by molar-refractivity contribution is 7.20. The third-order valence-corrected chi connectivity index (χ3v) is 5.17. The summed E-state index contributed by atoms with van der Waals surface area (Å²) in [5, 5.41) is 8.84. The molecule has 5 nitrogen and oxygen atoms in total. The lowest BCUT2D eigenvalue weighted by Gasteiger charge is -2.04. The van der Waals surface area contributed by atoms with Gasteiger partial charge in [0.25, 0.3) is 5.56 Å². The van der Waals surface area contributed by atoms with Gasteiger partial charge in [0, 0.05) is 5.69 Å². The number of nitrogens with zero attached hydrogens (tertiary/aromatic N) is 3. The minimum Gasteiger partial charge on any atom is -0.330 e. The molecule has 6 heteroatoms. The van der Waals surface area contributed by atoms with E-state index in [1.165, 1.54) is 21.4 Å². The van der Waals surface area contributed by atoms with Gasteiger partial charge in [0.15, 0.2) is 0 Å². The maximum Gasteiger partial charge on any atom is 0.283 e. The summed E-state index contributed by atoms with van der Waals surface area (Å²) in [6.07, 6.45) is 0. The van der Waals surface area contributed by atoms with Crippen LogP contribution in [0.3, 0.4) is 0 Å². The second-order valence-corrected chi connectivity index (χ2v) is 7.06. The normalized spacial score (nSPS) is 11.1. The van der Waals surface area contributed by atoms with Crippen LogP contribution in [0.15, 0.2) is 83.7 Å². The number of anilines is 2. The first-order chi connectivity index (χ1) is 13.3. The molecule has 1 N–H and O–H groups in total. The molecule has 0 aliphatic carbocycles. The topological polar surface area (TPSA) is 59.3 Å². The number of rotatable bonds is 3. The number of hydrogen-bond donors (Lipinski definition) is 1. The van der Waals surface area contributed by atoms with Crippen molar-refractivity contribution in [2.75, 3.05) is 5.32 Å². The van der Waals surface area contributed by atoms with Crippen molar-refractivity contribution in [3.63, 3.8) is 0 Å². The lowest BCUT2D eigenvalue weighted by Crippen LogP contribution is -2.15. The minimum atomic E-state index is -0.153. The molecule has 0 saturated heterocycles. The Balaban J connectivity index is 1.48. The molecule has 130 valence electrons. The average molecular weight is 370 g/mol. The standard InChI is InChI=1S/C21H14N4OS/c26-19-17-8-4-5-9-18(17)23-21-25(19)24-20(27-21)22-16-12-10-15(11-13-16)14-6-2-1-3-7-14/h1-13H,(H,22,24). The van der Waals surface area contributed by atoms with Gasteiger partial charge >= 0.3 is 0 Å². The van der Waals surface area contributed by atoms with E-state index < -0.39 is 0 Å². The van der Waals surface area contributed by atoms with Crippen LogP contribution in [0.4, 0.5) is 10.8 Å². The van der Waals surface area contributed by atoms with Gasteiger partial charge in [-0.1, -0.05) is 65.9 Å². The molecule has 0 atom stereocenters. The summed E-state index contributed by atoms with van der Waals surface area (Å²) in [5.74, 6) is 0. The van der Waals surface area contributed by atoms with Gasteiger partial charge in [-0.25, -0.2) is 4.98 Å².